The first-order chi connectivity index (χ1) is 13.6. The minimum absolute atomic E-state index is 0.000270. The normalized spacial score (nSPS) is 20.5. The van der Waals surface area contributed by atoms with E-state index in [1.807, 2.05) is 12.1 Å². The Morgan fingerprint density at radius 3 is 2.72 bits per heavy atom. The Bertz CT molecular complexity index is 724. The number of benzene rings is 1. The molecule has 29 heavy (non-hydrogen) atoms. The van der Waals surface area contributed by atoms with Crippen LogP contribution in [0.15, 0.2) is 30.4 Å². The van der Waals surface area contributed by atoms with Gasteiger partial charge in [0.15, 0.2) is 0 Å². The molecular formula is C23H37O5P. The highest BCUT2D eigenvalue weighted by Crippen LogP contribution is 2.37. The summed E-state index contributed by atoms with van der Waals surface area (Å²) in [7, 11) is -4.03. The average molecular weight is 425 g/mol. The first kappa shape index (κ1) is 24.0. The van der Waals surface area contributed by atoms with Crippen LogP contribution in [0.4, 0.5) is 0 Å². The molecule has 2 N–H and O–H groups in total. The summed E-state index contributed by atoms with van der Waals surface area (Å²) in [4.78, 5) is 17.8. The van der Waals surface area contributed by atoms with Gasteiger partial charge in [-0.05, 0) is 67.9 Å². The van der Waals surface area contributed by atoms with Crippen molar-refractivity contribution in [3.05, 3.63) is 35.9 Å². The van der Waals surface area contributed by atoms with Crippen molar-refractivity contribution in [1.82, 2.24) is 0 Å². The molecule has 2 rings (SSSR count). The summed E-state index contributed by atoms with van der Waals surface area (Å²) in [5.74, 6) is 2.95. The molecule has 1 aromatic rings. The minimum Gasteiger partial charge on any atom is -0.493 e. The van der Waals surface area contributed by atoms with Crippen LogP contribution in [0.1, 0.15) is 65.4 Å². The Morgan fingerprint density at radius 1 is 1.28 bits per heavy atom. The van der Waals surface area contributed by atoms with Crippen molar-refractivity contribution >= 4 is 7.60 Å². The lowest BCUT2D eigenvalue weighted by Gasteiger charge is -2.33. The van der Waals surface area contributed by atoms with E-state index in [1.54, 1.807) is 6.07 Å². The summed E-state index contributed by atoms with van der Waals surface area (Å²) in [5.41, 5.74) is 0.777. The van der Waals surface area contributed by atoms with Gasteiger partial charge in [0.1, 0.15) is 17.1 Å². The third-order valence-corrected chi connectivity index (χ3v) is 6.17. The molecule has 6 heteroatoms. The second kappa shape index (κ2) is 10.7. The largest absolute Gasteiger partial charge is 0.493 e. The summed E-state index contributed by atoms with van der Waals surface area (Å²) in [6.07, 6.45) is 10.9. The lowest BCUT2D eigenvalue weighted by Crippen LogP contribution is -2.34. The van der Waals surface area contributed by atoms with Crippen LogP contribution in [-0.2, 0) is 11.0 Å². The summed E-state index contributed by atoms with van der Waals surface area (Å²) < 4.78 is 22.7. The van der Waals surface area contributed by atoms with Crippen molar-refractivity contribution in [3.8, 4) is 11.5 Å². The standard InChI is InChI=1S/C23H37O5P/c1-18(2)7-5-8-19(3)9-6-13-23(4)14-12-20-17-21(10-11-22(20)28-23)27-15-16-29(24,25)26/h6,10-11,13,17-19H,5,7-9,12,14-16H2,1-4H3,(H2,24,25,26). The maximum Gasteiger partial charge on any atom is 0.328 e. The molecule has 0 aromatic heterocycles. The van der Waals surface area contributed by atoms with E-state index in [9.17, 15) is 4.57 Å². The maximum atomic E-state index is 10.9. The van der Waals surface area contributed by atoms with Crippen LogP contribution in [0.2, 0.25) is 0 Å². The van der Waals surface area contributed by atoms with Gasteiger partial charge in [0.25, 0.3) is 0 Å². The summed E-state index contributed by atoms with van der Waals surface area (Å²) >= 11 is 0. The average Bonchev–Trinajstić information content (AvgIpc) is 2.60. The zero-order chi connectivity index (χ0) is 21.5. The molecule has 0 saturated heterocycles. The lowest BCUT2D eigenvalue weighted by atomic mass is 9.91. The molecule has 1 aromatic carbocycles. The van der Waals surface area contributed by atoms with Gasteiger partial charge in [-0.1, -0.05) is 46.1 Å². The molecule has 5 nitrogen and oxygen atoms in total. The highest BCUT2D eigenvalue weighted by molar-refractivity contribution is 7.51. The molecule has 0 spiro atoms. The van der Waals surface area contributed by atoms with Crippen LogP contribution in [-0.4, -0.2) is 28.2 Å². The number of ether oxygens (including phenoxy) is 2. The number of allylic oxidation sites excluding steroid dienone is 1. The Hall–Kier alpha value is -1.29. The van der Waals surface area contributed by atoms with Crippen molar-refractivity contribution in [2.24, 2.45) is 11.8 Å². The van der Waals surface area contributed by atoms with E-state index in [2.05, 4.69) is 39.8 Å². The monoisotopic (exact) mass is 424 g/mol. The van der Waals surface area contributed by atoms with E-state index < -0.39 is 7.60 Å². The SMILES string of the molecule is CC(C)CCCC(C)CC=CC1(C)CCc2cc(OCCP(=O)(O)O)ccc2O1. The summed E-state index contributed by atoms with van der Waals surface area (Å²) in [6, 6.07) is 5.60. The second-order valence-electron chi connectivity index (χ2n) is 8.99. The molecule has 2 unspecified atom stereocenters. The number of aryl methyl sites for hydroxylation is 1. The van der Waals surface area contributed by atoms with E-state index in [-0.39, 0.29) is 18.4 Å². The maximum absolute atomic E-state index is 10.9. The third-order valence-electron chi connectivity index (χ3n) is 5.40. The van der Waals surface area contributed by atoms with E-state index >= 15 is 0 Å². The van der Waals surface area contributed by atoms with E-state index in [0.29, 0.717) is 11.7 Å². The van der Waals surface area contributed by atoms with E-state index in [4.69, 9.17) is 19.3 Å². The van der Waals surface area contributed by atoms with Crippen LogP contribution in [0.25, 0.3) is 0 Å². The molecule has 0 amide bonds. The molecule has 1 heterocycles. The fourth-order valence-electron chi connectivity index (χ4n) is 3.57. The minimum atomic E-state index is -4.03. The quantitative estimate of drug-likeness (QED) is 0.350. The van der Waals surface area contributed by atoms with Crippen molar-refractivity contribution in [3.63, 3.8) is 0 Å². The van der Waals surface area contributed by atoms with Crippen molar-refractivity contribution < 1.29 is 23.8 Å². The summed E-state index contributed by atoms with van der Waals surface area (Å²) in [6.45, 7) is 9.00. The van der Waals surface area contributed by atoms with E-state index in [0.717, 1.165) is 36.5 Å². The van der Waals surface area contributed by atoms with E-state index in [1.165, 1.54) is 19.3 Å². The van der Waals surface area contributed by atoms with Crippen LogP contribution >= 0.6 is 7.60 Å². The van der Waals surface area contributed by atoms with Gasteiger partial charge >= 0.3 is 7.60 Å². The van der Waals surface area contributed by atoms with Gasteiger partial charge in [-0.2, -0.15) is 0 Å². The lowest BCUT2D eigenvalue weighted by molar-refractivity contribution is 0.114. The molecule has 0 saturated carbocycles. The Labute approximate surface area is 175 Å². The molecule has 0 bridgehead atoms. The summed E-state index contributed by atoms with van der Waals surface area (Å²) in [5, 5.41) is 0. The van der Waals surface area contributed by atoms with Crippen LogP contribution < -0.4 is 9.47 Å². The zero-order valence-corrected chi connectivity index (χ0v) is 19.2. The van der Waals surface area contributed by atoms with Gasteiger partial charge in [0.2, 0.25) is 0 Å². The predicted octanol–water partition coefficient (Wildman–Crippen LogP) is 5.74. The van der Waals surface area contributed by atoms with Crippen molar-refractivity contribution in [2.45, 2.75) is 71.8 Å². The van der Waals surface area contributed by atoms with Gasteiger partial charge < -0.3 is 19.3 Å². The number of fused-ring (bicyclic) bond motifs is 1. The van der Waals surface area contributed by atoms with Crippen molar-refractivity contribution in [1.29, 1.82) is 0 Å². The van der Waals surface area contributed by atoms with Gasteiger partial charge in [-0.25, -0.2) is 0 Å². The van der Waals surface area contributed by atoms with Crippen LogP contribution in [0.5, 0.6) is 11.5 Å². The molecule has 0 fully saturated rings. The number of hydrogen-bond acceptors (Lipinski definition) is 3. The molecular weight excluding hydrogens is 387 g/mol. The number of rotatable bonds is 11. The smallest absolute Gasteiger partial charge is 0.328 e. The third kappa shape index (κ3) is 8.94. The predicted molar refractivity (Wildman–Crippen MR) is 118 cm³/mol. The highest BCUT2D eigenvalue weighted by atomic mass is 31.2. The Balaban J connectivity index is 1.85. The number of hydrogen-bond donors (Lipinski definition) is 2. The molecule has 164 valence electrons. The first-order valence-corrected chi connectivity index (χ1v) is 12.5. The van der Waals surface area contributed by atoms with Gasteiger partial charge in [0, 0.05) is 0 Å². The van der Waals surface area contributed by atoms with Gasteiger partial charge in [-0.15, -0.1) is 0 Å². The Kier molecular flexibility index (Phi) is 8.81. The highest BCUT2D eigenvalue weighted by Gasteiger charge is 2.29. The first-order valence-electron chi connectivity index (χ1n) is 10.7. The van der Waals surface area contributed by atoms with Crippen LogP contribution in [0, 0.1) is 11.8 Å². The zero-order valence-electron chi connectivity index (χ0n) is 18.3. The Morgan fingerprint density at radius 2 is 2.03 bits per heavy atom. The topological polar surface area (TPSA) is 76.0 Å². The molecule has 1 aliphatic rings. The van der Waals surface area contributed by atoms with Crippen LogP contribution in [0.3, 0.4) is 0 Å². The van der Waals surface area contributed by atoms with Gasteiger partial charge in [0.05, 0.1) is 12.8 Å². The molecule has 1 aliphatic heterocycles. The second-order valence-corrected chi connectivity index (χ2v) is 10.8. The fraction of sp³-hybridized carbons (Fsp3) is 0.652. The van der Waals surface area contributed by atoms with Crippen molar-refractivity contribution in [2.75, 3.05) is 12.8 Å². The fourth-order valence-corrected chi connectivity index (χ4v) is 3.90. The molecule has 2 atom stereocenters. The van der Waals surface area contributed by atoms with Gasteiger partial charge in [-0.3, -0.25) is 4.57 Å². The molecule has 0 radical (unpaired) electrons. The molecule has 0 aliphatic carbocycles.